The number of aryl methyl sites for hydroxylation is 2. The minimum absolute atomic E-state index is 0.0927. The third kappa shape index (κ3) is 2.79. The standard InChI is InChI=1S/C11H9Br3N2OS/c1-5-10(13)7(16(2)15-5)4-8(17)9-3-6(12)11(14)18-9/h3H,4H2,1-2H3. The molecule has 0 bridgehead atoms. The van der Waals surface area contributed by atoms with Crippen molar-refractivity contribution in [1.82, 2.24) is 9.78 Å². The Labute approximate surface area is 134 Å². The van der Waals surface area contributed by atoms with Gasteiger partial charge in [0.05, 0.1) is 30.9 Å². The molecule has 0 aromatic carbocycles. The van der Waals surface area contributed by atoms with Gasteiger partial charge >= 0.3 is 0 Å². The molecule has 2 heterocycles. The Morgan fingerprint density at radius 3 is 2.56 bits per heavy atom. The quantitative estimate of drug-likeness (QED) is 0.637. The molecule has 96 valence electrons. The Morgan fingerprint density at radius 1 is 1.44 bits per heavy atom. The Balaban J connectivity index is 2.26. The summed E-state index contributed by atoms with van der Waals surface area (Å²) < 4.78 is 4.50. The second-order valence-electron chi connectivity index (χ2n) is 3.80. The largest absolute Gasteiger partial charge is 0.293 e. The number of Topliss-reactive ketones (excluding diaryl/α,β-unsaturated/α-hetero) is 1. The molecule has 0 fully saturated rings. The number of carbonyl (C=O) groups excluding carboxylic acids is 1. The SMILES string of the molecule is Cc1nn(C)c(CC(=O)c2cc(Br)c(Br)s2)c1Br. The van der Waals surface area contributed by atoms with Crippen LogP contribution in [0, 0.1) is 6.92 Å². The van der Waals surface area contributed by atoms with E-state index in [-0.39, 0.29) is 5.78 Å². The highest BCUT2D eigenvalue weighted by molar-refractivity contribution is 9.13. The van der Waals surface area contributed by atoms with Crippen LogP contribution in [0.1, 0.15) is 21.1 Å². The molecule has 0 amide bonds. The molecule has 0 saturated carbocycles. The van der Waals surface area contributed by atoms with Crippen molar-refractivity contribution in [3.8, 4) is 0 Å². The molecule has 0 saturated heterocycles. The summed E-state index contributed by atoms with van der Waals surface area (Å²) in [5.74, 6) is 0.0927. The number of ketones is 1. The van der Waals surface area contributed by atoms with Gasteiger partial charge in [-0.25, -0.2) is 0 Å². The van der Waals surface area contributed by atoms with E-state index >= 15 is 0 Å². The molecule has 0 aliphatic heterocycles. The van der Waals surface area contributed by atoms with Crippen LogP contribution in [-0.4, -0.2) is 15.6 Å². The molecule has 2 aromatic rings. The normalized spacial score (nSPS) is 10.9. The monoisotopic (exact) mass is 454 g/mol. The van der Waals surface area contributed by atoms with Crippen molar-refractivity contribution in [2.24, 2.45) is 7.05 Å². The van der Waals surface area contributed by atoms with Gasteiger partial charge in [-0.15, -0.1) is 11.3 Å². The summed E-state index contributed by atoms with van der Waals surface area (Å²) in [6.07, 6.45) is 0.345. The highest BCUT2D eigenvalue weighted by atomic mass is 79.9. The van der Waals surface area contributed by atoms with Gasteiger partial charge in [-0.05, 0) is 60.8 Å². The van der Waals surface area contributed by atoms with Crippen LogP contribution < -0.4 is 0 Å². The van der Waals surface area contributed by atoms with E-state index < -0.39 is 0 Å². The van der Waals surface area contributed by atoms with Crippen LogP contribution in [0.25, 0.3) is 0 Å². The molecule has 0 N–H and O–H groups in total. The van der Waals surface area contributed by atoms with Crippen molar-refractivity contribution in [1.29, 1.82) is 0 Å². The highest BCUT2D eigenvalue weighted by Gasteiger charge is 2.18. The van der Waals surface area contributed by atoms with Gasteiger partial charge in [0.1, 0.15) is 0 Å². The second kappa shape index (κ2) is 5.56. The summed E-state index contributed by atoms with van der Waals surface area (Å²) in [6.45, 7) is 1.91. The van der Waals surface area contributed by atoms with Crippen LogP contribution in [0.15, 0.2) is 18.8 Å². The van der Waals surface area contributed by atoms with E-state index in [1.165, 1.54) is 11.3 Å². The second-order valence-corrected chi connectivity index (χ2v) is 7.82. The van der Waals surface area contributed by atoms with E-state index in [1.54, 1.807) is 4.68 Å². The van der Waals surface area contributed by atoms with Crippen molar-refractivity contribution < 1.29 is 4.79 Å². The summed E-state index contributed by atoms with van der Waals surface area (Å²) in [5.41, 5.74) is 1.80. The van der Waals surface area contributed by atoms with Gasteiger partial charge in [0, 0.05) is 11.5 Å². The predicted octanol–water partition coefficient (Wildman–Crippen LogP) is 4.50. The fraction of sp³-hybridized carbons (Fsp3) is 0.273. The predicted molar refractivity (Wildman–Crippen MR) is 83.4 cm³/mol. The first-order valence-corrected chi connectivity index (χ1v) is 8.25. The summed E-state index contributed by atoms with van der Waals surface area (Å²) in [6, 6.07) is 1.84. The zero-order valence-electron chi connectivity index (χ0n) is 9.63. The van der Waals surface area contributed by atoms with Gasteiger partial charge < -0.3 is 0 Å². The fourth-order valence-electron chi connectivity index (χ4n) is 1.60. The van der Waals surface area contributed by atoms with Crippen LogP contribution in [-0.2, 0) is 13.5 Å². The number of halogens is 3. The van der Waals surface area contributed by atoms with Gasteiger partial charge in [-0.2, -0.15) is 5.10 Å². The Hall–Kier alpha value is 0.0200. The minimum atomic E-state index is 0.0927. The molecule has 2 aromatic heterocycles. The first kappa shape index (κ1) is 14.4. The number of hydrogen-bond donors (Lipinski definition) is 0. The van der Waals surface area contributed by atoms with E-state index in [9.17, 15) is 4.79 Å². The minimum Gasteiger partial charge on any atom is -0.293 e. The lowest BCUT2D eigenvalue weighted by molar-refractivity contribution is 0.0994. The highest BCUT2D eigenvalue weighted by Crippen LogP contribution is 2.33. The van der Waals surface area contributed by atoms with Gasteiger partial charge in [0.2, 0.25) is 0 Å². The van der Waals surface area contributed by atoms with Crippen LogP contribution in [0.3, 0.4) is 0 Å². The molecule has 0 unspecified atom stereocenters. The average molecular weight is 457 g/mol. The van der Waals surface area contributed by atoms with E-state index in [1.807, 2.05) is 20.0 Å². The van der Waals surface area contributed by atoms with E-state index in [0.29, 0.717) is 6.42 Å². The number of nitrogens with zero attached hydrogens (tertiary/aromatic N) is 2. The number of carbonyl (C=O) groups is 1. The maximum absolute atomic E-state index is 12.2. The van der Waals surface area contributed by atoms with Crippen molar-refractivity contribution in [3.05, 3.63) is 35.1 Å². The van der Waals surface area contributed by atoms with Crippen molar-refractivity contribution in [2.75, 3.05) is 0 Å². The molecule has 18 heavy (non-hydrogen) atoms. The van der Waals surface area contributed by atoms with Crippen LogP contribution in [0.2, 0.25) is 0 Å². The molecule has 0 aliphatic rings. The van der Waals surface area contributed by atoms with E-state index in [0.717, 1.165) is 29.0 Å². The van der Waals surface area contributed by atoms with Crippen molar-refractivity contribution in [2.45, 2.75) is 13.3 Å². The van der Waals surface area contributed by atoms with Gasteiger partial charge in [-0.1, -0.05) is 0 Å². The Kier molecular flexibility index (Phi) is 4.46. The van der Waals surface area contributed by atoms with Crippen LogP contribution in [0.4, 0.5) is 0 Å². The van der Waals surface area contributed by atoms with E-state index in [2.05, 4.69) is 52.9 Å². The zero-order valence-corrected chi connectivity index (χ0v) is 15.2. The van der Waals surface area contributed by atoms with Crippen molar-refractivity contribution in [3.63, 3.8) is 0 Å². The molecule has 0 atom stereocenters. The first-order chi connectivity index (χ1) is 8.40. The van der Waals surface area contributed by atoms with Crippen LogP contribution in [0.5, 0.6) is 0 Å². The molecular formula is C11H9Br3N2OS. The molecule has 2 rings (SSSR count). The summed E-state index contributed by atoms with van der Waals surface area (Å²) in [4.78, 5) is 12.9. The lowest BCUT2D eigenvalue weighted by Gasteiger charge is -2.00. The lowest BCUT2D eigenvalue weighted by atomic mass is 10.2. The molecule has 0 spiro atoms. The van der Waals surface area contributed by atoms with Crippen LogP contribution >= 0.6 is 59.1 Å². The lowest BCUT2D eigenvalue weighted by Crippen LogP contribution is -2.07. The van der Waals surface area contributed by atoms with Gasteiger partial charge in [-0.3, -0.25) is 9.48 Å². The van der Waals surface area contributed by atoms with E-state index in [4.69, 9.17) is 0 Å². The number of hydrogen-bond acceptors (Lipinski definition) is 3. The third-order valence-electron chi connectivity index (χ3n) is 2.51. The Bertz CT molecular complexity index is 599. The fourth-order valence-corrected chi connectivity index (χ4v) is 4.04. The first-order valence-electron chi connectivity index (χ1n) is 5.06. The van der Waals surface area contributed by atoms with Crippen molar-refractivity contribution >= 4 is 64.9 Å². The topological polar surface area (TPSA) is 34.9 Å². The molecule has 7 heteroatoms. The number of thiophene rings is 1. The molecule has 0 radical (unpaired) electrons. The molecule has 3 nitrogen and oxygen atoms in total. The third-order valence-corrected chi connectivity index (χ3v) is 6.84. The maximum Gasteiger partial charge on any atom is 0.178 e. The average Bonchev–Trinajstić information content (AvgIpc) is 2.75. The maximum atomic E-state index is 12.2. The number of rotatable bonds is 3. The van der Waals surface area contributed by atoms with Gasteiger partial charge in [0.15, 0.2) is 5.78 Å². The Morgan fingerprint density at radius 2 is 2.11 bits per heavy atom. The number of aromatic nitrogens is 2. The summed E-state index contributed by atoms with van der Waals surface area (Å²) in [7, 11) is 1.85. The van der Waals surface area contributed by atoms with Gasteiger partial charge in [0.25, 0.3) is 0 Å². The molecule has 0 aliphatic carbocycles. The molecular weight excluding hydrogens is 448 g/mol. The summed E-state index contributed by atoms with van der Waals surface area (Å²) >= 11 is 11.7. The smallest absolute Gasteiger partial charge is 0.178 e. The summed E-state index contributed by atoms with van der Waals surface area (Å²) in [5, 5.41) is 4.28. The zero-order chi connectivity index (χ0) is 13.4.